The summed E-state index contributed by atoms with van der Waals surface area (Å²) < 4.78 is 5.84. The lowest BCUT2D eigenvalue weighted by atomic mass is 10.1. The molecule has 2 N–H and O–H groups in total. The van der Waals surface area contributed by atoms with Gasteiger partial charge >= 0.3 is 6.03 Å². The smallest absolute Gasteiger partial charge is 0.317 e. The van der Waals surface area contributed by atoms with Crippen LogP contribution < -0.4 is 15.4 Å². The summed E-state index contributed by atoms with van der Waals surface area (Å²) in [6.45, 7) is 6.17. The van der Waals surface area contributed by atoms with Crippen molar-refractivity contribution in [3.63, 3.8) is 0 Å². The Hall–Kier alpha value is -3.02. The molecular formula is C22H27N3O3. The number of likely N-dealkylation sites (tertiary alicyclic amines) is 1. The van der Waals surface area contributed by atoms with Crippen LogP contribution >= 0.6 is 0 Å². The molecule has 0 unspecified atom stereocenters. The number of urea groups is 1. The first-order chi connectivity index (χ1) is 13.5. The molecule has 148 valence electrons. The third-order valence-electron chi connectivity index (χ3n) is 4.72. The van der Waals surface area contributed by atoms with Gasteiger partial charge in [0, 0.05) is 31.2 Å². The van der Waals surface area contributed by atoms with Crippen LogP contribution in [-0.4, -0.2) is 42.5 Å². The van der Waals surface area contributed by atoms with Crippen LogP contribution in [0.2, 0.25) is 0 Å². The van der Waals surface area contributed by atoms with Gasteiger partial charge in [-0.25, -0.2) is 4.79 Å². The molecule has 0 aromatic heterocycles. The van der Waals surface area contributed by atoms with E-state index < -0.39 is 0 Å². The summed E-state index contributed by atoms with van der Waals surface area (Å²) in [7, 11) is 0. The predicted octanol–water partition coefficient (Wildman–Crippen LogP) is 3.11. The first kappa shape index (κ1) is 19.7. The van der Waals surface area contributed by atoms with Crippen LogP contribution in [0.25, 0.3) is 0 Å². The van der Waals surface area contributed by atoms with E-state index in [1.54, 1.807) is 17.0 Å². The van der Waals surface area contributed by atoms with E-state index in [1.807, 2.05) is 44.2 Å². The number of rotatable bonds is 6. The first-order valence-electron chi connectivity index (χ1n) is 9.67. The van der Waals surface area contributed by atoms with Gasteiger partial charge in [-0.15, -0.1) is 0 Å². The van der Waals surface area contributed by atoms with Crippen molar-refractivity contribution in [2.75, 3.05) is 19.6 Å². The van der Waals surface area contributed by atoms with E-state index in [1.165, 1.54) is 5.56 Å². The van der Waals surface area contributed by atoms with E-state index in [4.69, 9.17) is 4.74 Å². The molecule has 2 aromatic rings. The van der Waals surface area contributed by atoms with Crippen LogP contribution in [0.3, 0.4) is 0 Å². The zero-order valence-corrected chi connectivity index (χ0v) is 16.4. The minimum Gasteiger partial charge on any atom is -0.489 e. The maximum atomic E-state index is 12.6. The van der Waals surface area contributed by atoms with Gasteiger partial charge in [-0.3, -0.25) is 4.79 Å². The normalized spacial score (nSPS) is 15.9. The number of nitrogens with one attached hydrogen (secondary N) is 2. The van der Waals surface area contributed by atoms with Crippen molar-refractivity contribution in [1.29, 1.82) is 0 Å². The van der Waals surface area contributed by atoms with Gasteiger partial charge in [-0.2, -0.15) is 0 Å². The highest BCUT2D eigenvalue weighted by molar-refractivity contribution is 5.94. The number of hydrogen-bond donors (Lipinski definition) is 2. The SMILES string of the molecule is CCNC(=O)N1CC[C@H](NC(=O)c2cccc(OCc3cccc(C)c3)c2)C1. The lowest BCUT2D eigenvalue weighted by molar-refractivity contribution is 0.0937. The fourth-order valence-corrected chi connectivity index (χ4v) is 3.29. The summed E-state index contributed by atoms with van der Waals surface area (Å²) >= 11 is 0. The zero-order valence-electron chi connectivity index (χ0n) is 16.4. The van der Waals surface area contributed by atoms with Gasteiger partial charge in [-0.1, -0.05) is 35.9 Å². The standard InChI is InChI=1S/C22H27N3O3/c1-3-23-22(27)25-11-10-19(14-25)24-21(26)18-8-5-9-20(13-18)28-15-17-7-4-6-16(2)12-17/h4-9,12-13,19H,3,10-11,14-15H2,1-2H3,(H,23,27)(H,24,26)/t19-/m0/s1. The van der Waals surface area contributed by atoms with Crippen LogP contribution in [0.4, 0.5) is 4.79 Å². The Bertz CT molecular complexity index is 837. The van der Waals surface area contributed by atoms with Gasteiger partial charge in [0.2, 0.25) is 0 Å². The summed E-state index contributed by atoms with van der Waals surface area (Å²) in [5, 5.41) is 5.80. The van der Waals surface area contributed by atoms with Crippen LogP contribution in [-0.2, 0) is 6.61 Å². The van der Waals surface area contributed by atoms with Crippen molar-refractivity contribution >= 4 is 11.9 Å². The third kappa shape index (κ3) is 5.25. The van der Waals surface area contributed by atoms with Crippen molar-refractivity contribution in [2.45, 2.75) is 32.9 Å². The Morgan fingerprint density at radius 3 is 2.79 bits per heavy atom. The van der Waals surface area contributed by atoms with Gasteiger partial charge in [0.15, 0.2) is 0 Å². The summed E-state index contributed by atoms with van der Waals surface area (Å²) in [5.74, 6) is 0.508. The number of aryl methyl sites for hydroxylation is 1. The van der Waals surface area contributed by atoms with Gasteiger partial charge in [-0.05, 0) is 44.0 Å². The minimum atomic E-state index is -0.149. The number of carbonyl (C=O) groups excluding carboxylic acids is 2. The van der Waals surface area contributed by atoms with E-state index in [9.17, 15) is 9.59 Å². The lowest BCUT2D eigenvalue weighted by Gasteiger charge is -2.17. The Labute approximate surface area is 165 Å². The van der Waals surface area contributed by atoms with Crippen molar-refractivity contribution in [2.24, 2.45) is 0 Å². The highest BCUT2D eigenvalue weighted by Crippen LogP contribution is 2.17. The maximum absolute atomic E-state index is 12.6. The molecule has 0 saturated carbocycles. The molecular weight excluding hydrogens is 354 g/mol. The summed E-state index contributed by atoms with van der Waals surface area (Å²) in [6.07, 6.45) is 0.756. The van der Waals surface area contributed by atoms with Crippen LogP contribution in [0.5, 0.6) is 5.75 Å². The fourth-order valence-electron chi connectivity index (χ4n) is 3.29. The monoisotopic (exact) mass is 381 g/mol. The molecule has 1 saturated heterocycles. The molecule has 1 aliphatic rings. The molecule has 28 heavy (non-hydrogen) atoms. The molecule has 0 spiro atoms. The predicted molar refractivity (Wildman–Crippen MR) is 108 cm³/mol. The molecule has 3 rings (SSSR count). The Kier molecular flexibility index (Phi) is 6.53. The van der Waals surface area contributed by atoms with Gasteiger partial charge in [0.1, 0.15) is 12.4 Å². The van der Waals surface area contributed by atoms with Gasteiger partial charge < -0.3 is 20.3 Å². The van der Waals surface area contributed by atoms with Crippen LogP contribution in [0.1, 0.15) is 34.8 Å². The van der Waals surface area contributed by atoms with Crippen LogP contribution in [0.15, 0.2) is 48.5 Å². The molecule has 3 amide bonds. The summed E-state index contributed by atoms with van der Waals surface area (Å²) in [6, 6.07) is 15.2. The number of hydrogen-bond acceptors (Lipinski definition) is 3. The van der Waals surface area contributed by atoms with E-state index in [2.05, 4.69) is 16.7 Å². The van der Waals surface area contributed by atoms with Crippen LogP contribution in [0, 0.1) is 6.92 Å². The average Bonchev–Trinajstić information content (AvgIpc) is 3.15. The topological polar surface area (TPSA) is 70.7 Å². The minimum absolute atomic E-state index is 0.0352. The molecule has 6 nitrogen and oxygen atoms in total. The number of ether oxygens (including phenoxy) is 1. The average molecular weight is 381 g/mol. The van der Waals surface area contributed by atoms with E-state index in [0.717, 1.165) is 12.0 Å². The number of amides is 3. The van der Waals surface area contributed by atoms with Crippen molar-refractivity contribution in [1.82, 2.24) is 15.5 Å². The number of benzene rings is 2. The van der Waals surface area contributed by atoms with Crippen molar-refractivity contribution in [3.05, 3.63) is 65.2 Å². The lowest BCUT2D eigenvalue weighted by Crippen LogP contribution is -2.42. The Morgan fingerprint density at radius 2 is 2.00 bits per heavy atom. The molecule has 0 bridgehead atoms. The van der Waals surface area contributed by atoms with E-state index in [-0.39, 0.29) is 18.0 Å². The number of nitrogens with zero attached hydrogens (tertiary/aromatic N) is 1. The van der Waals surface area contributed by atoms with Gasteiger partial charge in [0.25, 0.3) is 5.91 Å². The molecule has 0 radical (unpaired) electrons. The largest absolute Gasteiger partial charge is 0.489 e. The second-order valence-corrected chi connectivity index (χ2v) is 7.05. The van der Waals surface area contributed by atoms with Gasteiger partial charge in [0.05, 0.1) is 0 Å². The Balaban J connectivity index is 1.54. The van der Waals surface area contributed by atoms with E-state index >= 15 is 0 Å². The highest BCUT2D eigenvalue weighted by atomic mass is 16.5. The van der Waals surface area contributed by atoms with E-state index in [0.29, 0.717) is 37.6 Å². The van der Waals surface area contributed by atoms with Crippen molar-refractivity contribution < 1.29 is 14.3 Å². The molecule has 1 fully saturated rings. The molecule has 2 aromatic carbocycles. The maximum Gasteiger partial charge on any atom is 0.317 e. The highest BCUT2D eigenvalue weighted by Gasteiger charge is 2.27. The molecule has 6 heteroatoms. The molecule has 1 atom stereocenters. The summed E-state index contributed by atoms with van der Waals surface area (Å²) in [5.41, 5.74) is 2.83. The zero-order chi connectivity index (χ0) is 19.9. The number of carbonyl (C=O) groups is 2. The Morgan fingerprint density at radius 1 is 1.18 bits per heavy atom. The quantitative estimate of drug-likeness (QED) is 0.808. The second-order valence-electron chi connectivity index (χ2n) is 7.05. The fraction of sp³-hybridized carbons (Fsp3) is 0.364. The molecule has 0 aliphatic carbocycles. The summed E-state index contributed by atoms with van der Waals surface area (Å²) in [4.78, 5) is 26.2. The second kappa shape index (κ2) is 9.26. The molecule has 1 aliphatic heterocycles. The molecule has 1 heterocycles. The first-order valence-corrected chi connectivity index (χ1v) is 9.67. The third-order valence-corrected chi connectivity index (χ3v) is 4.72. The van der Waals surface area contributed by atoms with Crippen molar-refractivity contribution in [3.8, 4) is 5.75 Å².